The summed E-state index contributed by atoms with van der Waals surface area (Å²) in [5.74, 6) is 0. The second kappa shape index (κ2) is 23.9. The minimum absolute atomic E-state index is 0. The molecule has 0 bridgehead atoms. The fourth-order valence-electron chi connectivity index (χ4n) is 0. The van der Waals surface area contributed by atoms with Crippen LogP contribution >= 0.6 is 0 Å². The van der Waals surface area contributed by atoms with Gasteiger partial charge in [-0.05, 0) is 0 Å². The average Bonchev–Trinajstić information content (AvgIpc) is 0. The third-order valence-electron chi connectivity index (χ3n) is 0. The van der Waals surface area contributed by atoms with Crippen LogP contribution in [0.25, 0.3) is 0 Å². The van der Waals surface area contributed by atoms with Gasteiger partial charge in [0.2, 0.25) is 0 Å². The van der Waals surface area contributed by atoms with Crippen molar-refractivity contribution in [3.63, 3.8) is 0 Å². The van der Waals surface area contributed by atoms with Gasteiger partial charge < -0.3 is 5.71 Å². The van der Waals surface area contributed by atoms with Gasteiger partial charge in [0.25, 0.3) is 0 Å². The molecule has 5 heteroatoms. The molecule has 0 aromatic rings. The van der Waals surface area contributed by atoms with Crippen molar-refractivity contribution in [3.05, 3.63) is 0 Å². The van der Waals surface area contributed by atoms with E-state index in [1.165, 1.54) is 0 Å². The molecular formula is H4DyMg2ZnZr. The van der Waals surface area contributed by atoms with E-state index in [-0.39, 0.29) is 136 Å². The number of hydrogen-bond donors (Lipinski definition) is 0. The van der Waals surface area contributed by atoms with Gasteiger partial charge in [-0.3, -0.25) is 0 Å². The molecule has 0 aliphatic carbocycles. The van der Waals surface area contributed by atoms with Crippen molar-refractivity contribution < 1.29 is 89.6 Å². The minimum atomic E-state index is 0. The van der Waals surface area contributed by atoms with Gasteiger partial charge in [-0.1, -0.05) is 0 Å². The second-order valence-electron chi connectivity index (χ2n) is 0. The summed E-state index contributed by atoms with van der Waals surface area (Å²) in [5.41, 5.74) is 0. The Balaban J connectivity index is 0. The molecule has 0 heterocycles. The summed E-state index contributed by atoms with van der Waals surface area (Å²) in [5, 5.41) is 0. The van der Waals surface area contributed by atoms with E-state index in [4.69, 9.17) is 0 Å². The van der Waals surface area contributed by atoms with E-state index >= 15 is 0 Å². The first kappa shape index (κ1) is 34.6. The molecule has 0 aliphatic rings. The van der Waals surface area contributed by atoms with E-state index in [9.17, 15) is 0 Å². The SMILES string of the molecule is [Dy].[H-].[H-].[H-].[H-].[Mg+2].[Mg+2].[Zn].[Zr]. The molecule has 5 heavy (non-hydrogen) atoms. The molecule has 0 N–H and O–H groups in total. The van der Waals surface area contributed by atoms with Gasteiger partial charge in [0.15, 0.2) is 0 Å². The zero-order chi connectivity index (χ0) is 0. The Morgan fingerprint density at radius 1 is 1.00 bits per heavy atom. The maximum atomic E-state index is 0. The van der Waals surface area contributed by atoms with Gasteiger partial charge in [0.05, 0.1) is 0 Å². The Hall–Kier alpha value is 4.31. The van der Waals surface area contributed by atoms with Crippen LogP contribution in [-0.4, -0.2) is 46.1 Å². The largest absolute Gasteiger partial charge is 2.00 e. The molecular weight excluding hydrogens is 368 g/mol. The quantitative estimate of drug-likeness (QED) is 0.512. The zero-order valence-corrected chi connectivity index (χ0v) is 13.2. The predicted octanol–water partition coefficient (Wildman–Crippen LogP) is -0.317. The fraction of sp³-hybridized carbons (Fsp3) is 0. The first-order valence-electron chi connectivity index (χ1n) is 0. The summed E-state index contributed by atoms with van der Waals surface area (Å²) in [6.07, 6.45) is 0. The van der Waals surface area contributed by atoms with Crippen LogP contribution in [0.3, 0.4) is 0 Å². The second-order valence-corrected chi connectivity index (χ2v) is 0. The Labute approximate surface area is 133 Å². The molecule has 0 aromatic carbocycles. The summed E-state index contributed by atoms with van der Waals surface area (Å²) < 4.78 is 0. The van der Waals surface area contributed by atoms with E-state index in [0.29, 0.717) is 0 Å². The van der Waals surface area contributed by atoms with Crippen molar-refractivity contribution in [2.45, 2.75) is 0 Å². The first-order valence-corrected chi connectivity index (χ1v) is 0. The van der Waals surface area contributed by atoms with E-state index in [0.717, 1.165) is 0 Å². The molecule has 0 rings (SSSR count). The molecule has 0 spiro atoms. The van der Waals surface area contributed by atoms with Crippen LogP contribution in [-0.2, 0) is 45.7 Å². The third-order valence-corrected chi connectivity index (χ3v) is 0. The average molecular weight is 372 g/mol. The van der Waals surface area contributed by atoms with Crippen LogP contribution in [0.2, 0.25) is 0 Å². The maximum Gasteiger partial charge on any atom is 2.00 e. The number of hydrogen-bond acceptors (Lipinski definition) is 0. The van der Waals surface area contributed by atoms with Crippen LogP contribution in [0.15, 0.2) is 0 Å². The van der Waals surface area contributed by atoms with Gasteiger partial charge in [-0.15, -0.1) is 0 Å². The molecule has 0 aromatic heterocycles. The summed E-state index contributed by atoms with van der Waals surface area (Å²) in [4.78, 5) is 0. The van der Waals surface area contributed by atoms with Crippen molar-refractivity contribution in [2.75, 3.05) is 0 Å². The van der Waals surface area contributed by atoms with E-state index < -0.39 is 0 Å². The topological polar surface area (TPSA) is 0 Å². The Kier molecular flexibility index (Phi) is 165. The monoisotopic (exact) mass is 370 g/mol. The summed E-state index contributed by atoms with van der Waals surface area (Å²) in [6.45, 7) is 0. The molecule has 0 saturated carbocycles. The Morgan fingerprint density at radius 3 is 1.00 bits per heavy atom. The summed E-state index contributed by atoms with van der Waals surface area (Å²) in [7, 11) is 0. The molecule has 0 radical (unpaired) electrons. The number of rotatable bonds is 0. The van der Waals surface area contributed by atoms with Crippen molar-refractivity contribution >= 4 is 46.1 Å². The van der Waals surface area contributed by atoms with Gasteiger partial charge in [-0.2, -0.15) is 0 Å². The van der Waals surface area contributed by atoms with E-state index in [1.54, 1.807) is 0 Å². The van der Waals surface area contributed by atoms with Crippen molar-refractivity contribution in [2.24, 2.45) is 0 Å². The van der Waals surface area contributed by atoms with Crippen molar-refractivity contribution in [3.8, 4) is 0 Å². The van der Waals surface area contributed by atoms with Crippen LogP contribution in [0.4, 0.5) is 0 Å². The summed E-state index contributed by atoms with van der Waals surface area (Å²) in [6, 6.07) is 0. The van der Waals surface area contributed by atoms with Crippen molar-refractivity contribution in [1.29, 1.82) is 0 Å². The molecule has 0 unspecified atom stereocenters. The van der Waals surface area contributed by atoms with Crippen LogP contribution in [0, 0.1) is 38.2 Å². The van der Waals surface area contributed by atoms with Crippen LogP contribution < -0.4 is 0 Å². The van der Waals surface area contributed by atoms with E-state index in [1.807, 2.05) is 0 Å². The fourth-order valence-corrected chi connectivity index (χ4v) is 0. The van der Waals surface area contributed by atoms with Gasteiger partial charge >= 0.3 is 46.1 Å². The predicted molar refractivity (Wildman–Crippen MR) is 16.0 cm³/mol. The maximum absolute atomic E-state index is 0. The Bertz CT molecular complexity index is 18.5. The Morgan fingerprint density at radius 2 is 1.00 bits per heavy atom. The van der Waals surface area contributed by atoms with Crippen molar-refractivity contribution in [1.82, 2.24) is 0 Å². The van der Waals surface area contributed by atoms with Crippen LogP contribution in [0.1, 0.15) is 5.71 Å². The van der Waals surface area contributed by atoms with Gasteiger partial charge in [-0.25, -0.2) is 0 Å². The molecule has 0 saturated heterocycles. The molecule has 0 atom stereocenters. The van der Waals surface area contributed by atoms with Gasteiger partial charge in [0.1, 0.15) is 0 Å². The molecule has 0 aliphatic heterocycles. The first-order chi connectivity index (χ1) is 0. The van der Waals surface area contributed by atoms with Gasteiger partial charge in [0, 0.05) is 83.9 Å². The summed E-state index contributed by atoms with van der Waals surface area (Å²) >= 11 is 0. The molecule has 0 amide bonds. The standard InChI is InChI=1S/Dy.2Mg.Zn.Zr.4H/q;2*+2;;;4*-1. The van der Waals surface area contributed by atoms with Crippen LogP contribution in [0.5, 0.6) is 0 Å². The zero-order valence-electron chi connectivity index (χ0n) is 6.94. The minimum Gasteiger partial charge on any atom is -1.00 e. The smallest absolute Gasteiger partial charge is 1.00 e. The van der Waals surface area contributed by atoms with E-state index in [2.05, 4.69) is 0 Å². The normalized spacial score (nSPS) is 0. The molecule has 0 fully saturated rings. The third kappa shape index (κ3) is 17.8. The molecule has 0 nitrogen and oxygen atoms in total. The molecule has 24 valence electrons.